The van der Waals surface area contributed by atoms with Crippen LogP contribution in [0.2, 0.25) is 10.0 Å². The zero-order chi connectivity index (χ0) is 21.5. The van der Waals surface area contributed by atoms with Crippen LogP contribution in [-0.4, -0.2) is 23.5 Å². The van der Waals surface area contributed by atoms with Gasteiger partial charge in [-0.25, -0.2) is 4.79 Å². The van der Waals surface area contributed by atoms with E-state index in [1.165, 1.54) is 6.20 Å². The van der Waals surface area contributed by atoms with E-state index in [9.17, 15) is 9.59 Å². The summed E-state index contributed by atoms with van der Waals surface area (Å²) in [4.78, 5) is 28.6. The van der Waals surface area contributed by atoms with Crippen LogP contribution < -0.4 is 10.1 Å². The van der Waals surface area contributed by atoms with E-state index in [2.05, 4.69) is 10.3 Å². The number of para-hydroxylation sites is 1. The highest BCUT2D eigenvalue weighted by atomic mass is 35.5. The van der Waals surface area contributed by atoms with Crippen LogP contribution in [0.15, 0.2) is 67.0 Å². The average Bonchev–Trinajstić information content (AvgIpc) is 2.75. The van der Waals surface area contributed by atoms with Crippen molar-refractivity contribution in [2.75, 3.05) is 6.61 Å². The van der Waals surface area contributed by atoms with Gasteiger partial charge in [0.15, 0.2) is 6.61 Å². The van der Waals surface area contributed by atoms with Gasteiger partial charge in [-0.1, -0.05) is 41.4 Å². The van der Waals surface area contributed by atoms with Gasteiger partial charge >= 0.3 is 5.97 Å². The summed E-state index contributed by atoms with van der Waals surface area (Å²) < 4.78 is 10.8. The number of rotatable bonds is 7. The standard InChI is InChI=1S/C22H18Cl2N2O4/c1-14(15-8-9-18(23)19(24)11-15)26-21(27)13-29-22(28)17-6-2-3-7-20(17)30-16-5-4-10-25-12-16/h2-12,14H,13H2,1H3,(H,26,27). The Morgan fingerprint density at radius 1 is 1.07 bits per heavy atom. The number of benzene rings is 2. The molecule has 1 atom stereocenters. The van der Waals surface area contributed by atoms with Crippen LogP contribution in [-0.2, 0) is 9.53 Å². The number of carbonyl (C=O) groups excluding carboxylic acids is 2. The predicted octanol–water partition coefficient (Wildman–Crippen LogP) is 5.21. The van der Waals surface area contributed by atoms with E-state index in [0.717, 1.165) is 5.56 Å². The lowest BCUT2D eigenvalue weighted by Gasteiger charge is -2.15. The van der Waals surface area contributed by atoms with Gasteiger partial charge in [0, 0.05) is 6.20 Å². The van der Waals surface area contributed by atoms with Crippen molar-refractivity contribution >= 4 is 35.1 Å². The Kier molecular flexibility index (Phi) is 7.27. The number of carbonyl (C=O) groups is 2. The second kappa shape index (κ2) is 10.1. The van der Waals surface area contributed by atoms with E-state index >= 15 is 0 Å². The molecule has 154 valence electrons. The predicted molar refractivity (Wildman–Crippen MR) is 114 cm³/mol. The average molecular weight is 445 g/mol. The van der Waals surface area contributed by atoms with Gasteiger partial charge in [0.2, 0.25) is 0 Å². The van der Waals surface area contributed by atoms with Gasteiger partial charge in [0.25, 0.3) is 5.91 Å². The number of aromatic nitrogens is 1. The molecule has 0 radical (unpaired) electrons. The summed E-state index contributed by atoms with van der Waals surface area (Å²) in [6.45, 7) is 1.35. The Labute approximate surface area is 183 Å². The first kappa shape index (κ1) is 21.6. The zero-order valence-corrected chi connectivity index (χ0v) is 17.5. The summed E-state index contributed by atoms with van der Waals surface area (Å²) in [6.07, 6.45) is 3.14. The van der Waals surface area contributed by atoms with Gasteiger partial charge < -0.3 is 14.8 Å². The molecular formula is C22H18Cl2N2O4. The van der Waals surface area contributed by atoms with Crippen LogP contribution in [0.25, 0.3) is 0 Å². The molecule has 3 rings (SSSR count). The topological polar surface area (TPSA) is 77.5 Å². The summed E-state index contributed by atoms with van der Waals surface area (Å²) in [5.41, 5.74) is 0.978. The number of ether oxygens (including phenoxy) is 2. The summed E-state index contributed by atoms with van der Waals surface area (Å²) in [7, 11) is 0. The fraction of sp³-hybridized carbons (Fsp3) is 0.136. The third-order valence-corrected chi connectivity index (χ3v) is 4.86. The minimum Gasteiger partial charge on any atom is -0.455 e. The zero-order valence-electron chi connectivity index (χ0n) is 16.0. The summed E-state index contributed by atoms with van der Waals surface area (Å²) >= 11 is 11.9. The van der Waals surface area contributed by atoms with Crippen molar-refractivity contribution in [1.82, 2.24) is 10.3 Å². The molecule has 0 saturated carbocycles. The highest BCUT2D eigenvalue weighted by molar-refractivity contribution is 6.42. The van der Waals surface area contributed by atoms with E-state index in [1.54, 1.807) is 67.7 Å². The molecule has 0 bridgehead atoms. The van der Waals surface area contributed by atoms with Gasteiger partial charge in [0.05, 0.1) is 22.3 Å². The van der Waals surface area contributed by atoms with Crippen molar-refractivity contribution < 1.29 is 19.1 Å². The van der Waals surface area contributed by atoms with E-state index in [4.69, 9.17) is 32.7 Å². The Bertz CT molecular complexity index is 1040. The first-order chi connectivity index (χ1) is 14.4. The maximum atomic E-state index is 12.5. The molecule has 1 heterocycles. The first-order valence-electron chi connectivity index (χ1n) is 9.02. The van der Waals surface area contributed by atoms with Crippen LogP contribution in [0.4, 0.5) is 0 Å². The van der Waals surface area contributed by atoms with Crippen molar-refractivity contribution in [2.24, 2.45) is 0 Å². The minimum atomic E-state index is -0.674. The van der Waals surface area contributed by atoms with Gasteiger partial charge in [-0.15, -0.1) is 0 Å². The molecule has 0 aliphatic rings. The van der Waals surface area contributed by atoms with E-state index < -0.39 is 18.5 Å². The Hall–Kier alpha value is -3.09. The van der Waals surface area contributed by atoms with Crippen molar-refractivity contribution in [2.45, 2.75) is 13.0 Å². The summed E-state index contributed by atoms with van der Waals surface area (Å²) in [5.74, 6) is -0.342. The molecule has 0 spiro atoms. The maximum Gasteiger partial charge on any atom is 0.342 e. The lowest BCUT2D eigenvalue weighted by atomic mass is 10.1. The van der Waals surface area contributed by atoms with E-state index in [0.29, 0.717) is 21.5 Å². The van der Waals surface area contributed by atoms with Crippen molar-refractivity contribution in [1.29, 1.82) is 0 Å². The second-order valence-electron chi connectivity index (χ2n) is 6.33. The smallest absolute Gasteiger partial charge is 0.342 e. The molecule has 3 aromatic rings. The van der Waals surface area contributed by atoms with Gasteiger partial charge in [-0.05, 0) is 48.9 Å². The monoisotopic (exact) mass is 444 g/mol. The molecule has 0 aliphatic carbocycles. The molecule has 0 saturated heterocycles. The normalized spacial score (nSPS) is 11.4. The molecule has 6 nitrogen and oxygen atoms in total. The number of hydrogen-bond donors (Lipinski definition) is 1. The summed E-state index contributed by atoms with van der Waals surface area (Å²) in [6, 6.07) is 14.8. The molecule has 8 heteroatoms. The quantitative estimate of drug-likeness (QED) is 0.505. The molecule has 0 aliphatic heterocycles. The maximum absolute atomic E-state index is 12.5. The number of pyridine rings is 1. The third kappa shape index (κ3) is 5.72. The number of nitrogens with one attached hydrogen (secondary N) is 1. The Morgan fingerprint density at radius 2 is 1.87 bits per heavy atom. The molecule has 1 aromatic heterocycles. The van der Waals surface area contributed by atoms with Crippen LogP contribution >= 0.6 is 23.2 Å². The Morgan fingerprint density at radius 3 is 2.60 bits per heavy atom. The first-order valence-corrected chi connectivity index (χ1v) is 9.78. The molecular weight excluding hydrogens is 427 g/mol. The lowest BCUT2D eigenvalue weighted by Crippen LogP contribution is -2.31. The molecule has 1 N–H and O–H groups in total. The largest absolute Gasteiger partial charge is 0.455 e. The number of esters is 1. The van der Waals surface area contributed by atoms with Crippen LogP contribution in [0.5, 0.6) is 11.5 Å². The summed E-state index contributed by atoms with van der Waals surface area (Å²) in [5, 5.41) is 3.57. The molecule has 0 fully saturated rings. The number of amides is 1. The van der Waals surface area contributed by atoms with Crippen molar-refractivity contribution in [3.05, 3.63) is 88.2 Å². The van der Waals surface area contributed by atoms with Crippen LogP contribution in [0.1, 0.15) is 28.9 Å². The minimum absolute atomic E-state index is 0.201. The van der Waals surface area contributed by atoms with Gasteiger partial charge in [-0.3, -0.25) is 9.78 Å². The SMILES string of the molecule is CC(NC(=O)COC(=O)c1ccccc1Oc1cccnc1)c1ccc(Cl)c(Cl)c1. The van der Waals surface area contributed by atoms with Crippen LogP contribution in [0.3, 0.4) is 0 Å². The van der Waals surface area contributed by atoms with E-state index in [-0.39, 0.29) is 11.6 Å². The fourth-order valence-corrected chi connectivity index (χ4v) is 2.92. The van der Waals surface area contributed by atoms with E-state index in [1.807, 2.05) is 0 Å². The van der Waals surface area contributed by atoms with Gasteiger partial charge in [0.1, 0.15) is 17.1 Å². The second-order valence-corrected chi connectivity index (χ2v) is 7.14. The fourth-order valence-electron chi connectivity index (χ4n) is 2.62. The number of hydrogen-bond acceptors (Lipinski definition) is 5. The highest BCUT2D eigenvalue weighted by Gasteiger charge is 2.17. The molecule has 1 unspecified atom stereocenters. The van der Waals surface area contributed by atoms with Gasteiger partial charge in [-0.2, -0.15) is 0 Å². The molecule has 30 heavy (non-hydrogen) atoms. The number of halogens is 2. The highest BCUT2D eigenvalue weighted by Crippen LogP contribution is 2.26. The molecule has 1 amide bonds. The number of nitrogens with zero attached hydrogens (tertiary/aromatic N) is 1. The Balaban J connectivity index is 1.59. The van der Waals surface area contributed by atoms with Crippen molar-refractivity contribution in [3.63, 3.8) is 0 Å². The molecule has 2 aromatic carbocycles. The lowest BCUT2D eigenvalue weighted by molar-refractivity contribution is -0.124. The van der Waals surface area contributed by atoms with Crippen molar-refractivity contribution in [3.8, 4) is 11.5 Å². The third-order valence-electron chi connectivity index (χ3n) is 4.12. The van der Waals surface area contributed by atoms with Crippen LogP contribution in [0, 0.1) is 0 Å².